The third-order valence-electron chi connectivity index (χ3n) is 3.35. The normalized spacial score (nSPS) is 16.0. The van der Waals surface area contributed by atoms with Gasteiger partial charge < -0.3 is 9.64 Å². The molecule has 0 aliphatic carbocycles. The number of carbonyl (C=O) groups is 1. The Morgan fingerprint density at radius 3 is 2.74 bits per heavy atom. The Balaban J connectivity index is 2.02. The summed E-state index contributed by atoms with van der Waals surface area (Å²) in [6.45, 7) is 6.35. The zero-order valence-electron chi connectivity index (χ0n) is 11.1. The van der Waals surface area contributed by atoms with E-state index in [1.54, 1.807) is 4.90 Å². The van der Waals surface area contributed by atoms with E-state index in [0.717, 1.165) is 22.2 Å². The molecule has 100 valence electrons. The van der Waals surface area contributed by atoms with Crippen LogP contribution >= 0.6 is 0 Å². The predicted octanol–water partition coefficient (Wildman–Crippen LogP) is 1.35. The second kappa shape index (κ2) is 4.62. The molecule has 2 heterocycles. The summed E-state index contributed by atoms with van der Waals surface area (Å²) >= 11 is 0. The van der Waals surface area contributed by atoms with Crippen molar-refractivity contribution in [2.75, 3.05) is 26.3 Å². The maximum atomic E-state index is 12.4. The molecule has 1 fully saturated rings. The smallest absolute Gasteiger partial charge is 0.346 e. The fourth-order valence-electron chi connectivity index (χ4n) is 2.40. The molecular formula is C13H16N4O2. The summed E-state index contributed by atoms with van der Waals surface area (Å²) in [5.74, 6) is 0. The summed E-state index contributed by atoms with van der Waals surface area (Å²) in [4.78, 5) is 14.2. The fraction of sp³-hybridized carbons (Fsp3) is 0.462. The number of benzene rings is 1. The molecule has 1 saturated heterocycles. The van der Waals surface area contributed by atoms with E-state index in [1.165, 1.54) is 4.68 Å². The molecule has 1 aliphatic heterocycles. The van der Waals surface area contributed by atoms with Gasteiger partial charge in [0.1, 0.15) is 11.0 Å². The first-order valence-electron chi connectivity index (χ1n) is 6.36. The zero-order valence-corrected chi connectivity index (χ0v) is 11.1. The highest BCUT2D eigenvalue weighted by atomic mass is 16.5. The topological polar surface area (TPSA) is 60.2 Å². The van der Waals surface area contributed by atoms with Crippen LogP contribution in [0.15, 0.2) is 12.1 Å². The maximum absolute atomic E-state index is 12.4. The van der Waals surface area contributed by atoms with Crippen LogP contribution in [0.2, 0.25) is 0 Å². The number of fused-ring (bicyclic) bond motifs is 1. The molecule has 2 aromatic rings. The molecule has 6 heteroatoms. The largest absolute Gasteiger partial charge is 0.378 e. The molecule has 3 rings (SSSR count). The SMILES string of the molecule is Cc1cc(C)c2nnn(C(=O)N3CCOCC3)c2c1. The number of aromatic nitrogens is 3. The molecule has 0 spiro atoms. The molecule has 6 nitrogen and oxygen atoms in total. The average Bonchev–Trinajstić information content (AvgIpc) is 2.83. The van der Waals surface area contributed by atoms with Crippen molar-refractivity contribution in [2.45, 2.75) is 13.8 Å². The molecule has 0 N–H and O–H groups in total. The van der Waals surface area contributed by atoms with Crippen molar-refractivity contribution in [3.8, 4) is 0 Å². The minimum absolute atomic E-state index is 0.129. The molecule has 1 aromatic heterocycles. The summed E-state index contributed by atoms with van der Waals surface area (Å²) in [6, 6.07) is 3.86. The molecule has 1 aliphatic rings. The summed E-state index contributed by atoms with van der Waals surface area (Å²) < 4.78 is 6.64. The lowest BCUT2D eigenvalue weighted by Gasteiger charge is -2.26. The molecule has 0 unspecified atom stereocenters. The van der Waals surface area contributed by atoms with Gasteiger partial charge in [0.2, 0.25) is 0 Å². The Hall–Kier alpha value is -1.95. The summed E-state index contributed by atoms with van der Waals surface area (Å²) in [5.41, 5.74) is 3.69. The monoisotopic (exact) mass is 260 g/mol. The zero-order chi connectivity index (χ0) is 13.4. The lowest BCUT2D eigenvalue weighted by atomic mass is 10.1. The van der Waals surface area contributed by atoms with E-state index in [-0.39, 0.29) is 6.03 Å². The van der Waals surface area contributed by atoms with Gasteiger partial charge in [-0.25, -0.2) is 4.79 Å². The third-order valence-corrected chi connectivity index (χ3v) is 3.35. The van der Waals surface area contributed by atoms with Gasteiger partial charge in [0.05, 0.1) is 13.2 Å². The lowest BCUT2D eigenvalue weighted by molar-refractivity contribution is 0.0530. The molecule has 0 atom stereocenters. The van der Waals surface area contributed by atoms with E-state index in [0.29, 0.717) is 26.3 Å². The van der Waals surface area contributed by atoms with E-state index in [4.69, 9.17) is 4.74 Å². The van der Waals surface area contributed by atoms with E-state index < -0.39 is 0 Å². The van der Waals surface area contributed by atoms with Gasteiger partial charge in [0.25, 0.3) is 0 Å². The van der Waals surface area contributed by atoms with Crippen LogP contribution in [0, 0.1) is 13.8 Å². The summed E-state index contributed by atoms with van der Waals surface area (Å²) in [5, 5.41) is 8.12. The molecule has 0 bridgehead atoms. The van der Waals surface area contributed by atoms with Gasteiger partial charge in [-0.1, -0.05) is 11.3 Å². The van der Waals surface area contributed by atoms with Crippen LogP contribution in [0.1, 0.15) is 11.1 Å². The van der Waals surface area contributed by atoms with Crippen LogP contribution < -0.4 is 0 Å². The van der Waals surface area contributed by atoms with Crippen LogP contribution in [-0.4, -0.2) is 52.2 Å². The van der Waals surface area contributed by atoms with Crippen molar-refractivity contribution >= 4 is 17.1 Å². The maximum Gasteiger partial charge on any atom is 0.346 e. The third kappa shape index (κ3) is 2.08. The molecule has 1 aromatic carbocycles. The fourth-order valence-corrected chi connectivity index (χ4v) is 2.40. The Kier molecular flexibility index (Phi) is 2.94. The second-order valence-electron chi connectivity index (χ2n) is 4.83. The Morgan fingerprint density at radius 2 is 2.00 bits per heavy atom. The first-order valence-corrected chi connectivity index (χ1v) is 6.36. The number of rotatable bonds is 0. The highest BCUT2D eigenvalue weighted by Gasteiger charge is 2.21. The minimum atomic E-state index is -0.129. The summed E-state index contributed by atoms with van der Waals surface area (Å²) in [7, 11) is 0. The van der Waals surface area contributed by atoms with Gasteiger partial charge in [-0.2, -0.15) is 4.68 Å². The van der Waals surface area contributed by atoms with Crippen LogP contribution in [0.5, 0.6) is 0 Å². The van der Waals surface area contributed by atoms with Gasteiger partial charge in [0, 0.05) is 13.1 Å². The van der Waals surface area contributed by atoms with Gasteiger partial charge in [-0.3, -0.25) is 0 Å². The first-order chi connectivity index (χ1) is 9.16. The van der Waals surface area contributed by atoms with Crippen molar-refractivity contribution in [3.63, 3.8) is 0 Å². The number of carbonyl (C=O) groups excluding carboxylic acids is 1. The number of hydrogen-bond acceptors (Lipinski definition) is 4. The van der Waals surface area contributed by atoms with E-state index in [2.05, 4.69) is 10.3 Å². The van der Waals surface area contributed by atoms with E-state index in [9.17, 15) is 4.79 Å². The van der Waals surface area contributed by atoms with Gasteiger partial charge >= 0.3 is 6.03 Å². The number of ether oxygens (including phenoxy) is 1. The van der Waals surface area contributed by atoms with Crippen molar-refractivity contribution in [2.24, 2.45) is 0 Å². The number of nitrogens with zero attached hydrogens (tertiary/aromatic N) is 4. The van der Waals surface area contributed by atoms with Crippen molar-refractivity contribution in [1.29, 1.82) is 0 Å². The summed E-state index contributed by atoms with van der Waals surface area (Å²) in [6.07, 6.45) is 0. The predicted molar refractivity (Wildman–Crippen MR) is 70.2 cm³/mol. The minimum Gasteiger partial charge on any atom is -0.378 e. The van der Waals surface area contributed by atoms with E-state index in [1.807, 2.05) is 26.0 Å². The highest BCUT2D eigenvalue weighted by Crippen LogP contribution is 2.18. The van der Waals surface area contributed by atoms with Crippen molar-refractivity contribution in [3.05, 3.63) is 23.3 Å². The average molecular weight is 260 g/mol. The van der Waals surface area contributed by atoms with Crippen LogP contribution in [-0.2, 0) is 4.74 Å². The number of hydrogen-bond donors (Lipinski definition) is 0. The molecule has 0 saturated carbocycles. The second-order valence-corrected chi connectivity index (χ2v) is 4.83. The standard InChI is InChI=1S/C13H16N4O2/c1-9-7-10(2)12-11(8-9)17(15-14-12)13(18)16-3-5-19-6-4-16/h7-8H,3-6H2,1-2H3. The van der Waals surface area contributed by atoms with Crippen LogP contribution in [0.4, 0.5) is 4.79 Å². The Morgan fingerprint density at radius 1 is 1.26 bits per heavy atom. The number of aryl methyl sites for hydroxylation is 2. The number of amides is 1. The quantitative estimate of drug-likeness (QED) is 0.717. The molecule has 19 heavy (non-hydrogen) atoms. The van der Waals surface area contributed by atoms with Crippen LogP contribution in [0.3, 0.4) is 0 Å². The first kappa shape index (κ1) is 12.1. The van der Waals surface area contributed by atoms with Crippen LogP contribution in [0.25, 0.3) is 11.0 Å². The Labute approximate surface area is 110 Å². The van der Waals surface area contributed by atoms with Crippen molar-refractivity contribution < 1.29 is 9.53 Å². The molecular weight excluding hydrogens is 244 g/mol. The highest BCUT2D eigenvalue weighted by molar-refractivity contribution is 5.89. The lowest BCUT2D eigenvalue weighted by Crippen LogP contribution is -2.43. The Bertz CT molecular complexity index is 629. The molecule has 1 amide bonds. The van der Waals surface area contributed by atoms with E-state index >= 15 is 0 Å². The van der Waals surface area contributed by atoms with Gasteiger partial charge in [0.15, 0.2) is 0 Å². The molecule has 0 radical (unpaired) electrons. The number of morpholine rings is 1. The van der Waals surface area contributed by atoms with Gasteiger partial charge in [-0.15, -0.1) is 5.10 Å². The van der Waals surface area contributed by atoms with Gasteiger partial charge in [-0.05, 0) is 31.0 Å². The van der Waals surface area contributed by atoms with Crippen molar-refractivity contribution in [1.82, 2.24) is 19.9 Å².